The van der Waals surface area contributed by atoms with Crippen molar-refractivity contribution in [1.29, 1.82) is 0 Å². The zero-order chi connectivity index (χ0) is 11.4. The maximum absolute atomic E-state index is 4.07. The van der Waals surface area contributed by atoms with E-state index in [1.807, 2.05) is 4.68 Å². The van der Waals surface area contributed by atoms with Gasteiger partial charge in [-0.3, -0.25) is 0 Å². The summed E-state index contributed by atoms with van der Waals surface area (Å²) in [7, 11) is 0. The van der Waals surface area contributed by atoms with E-state index in [1.165, 1.54) is 19.3 Å². The van der Waals surface area contributed by atoms with Crippen molar-refractivity contribution in [3.8, 4) is 0 Å². The monoisotopic (exact) mass is 241 g/mol. The number of rotatable bonds is 7. The van der Waals surface area contributed by atoms with Crippen LogP contribution in [0.5, 0.6) is 0 Å². The van der Waals surface area contributed by atoms with Gasteiger partial charge < -0.3 is 5.32 Å². The van der Waals surface area contributed by atoms with Gasteiger partial charge in [-0.2, -0.15) is 0 Å². The maximum atomic E-state index is 4.07. The molecule has 6 heteroatoms. The van der Waals surface area contributed by atoms with Crippen molar-refractivity contribution in [2.24, 2.45) is 0 Å². The third-order valence-electron chi connectivity index (χ3n) is 2.56. The Hall–Kier alpha value is -0.620. The molecule has 0 saturated heterocycles. The maximum Gasteiger partial charge on any atom is 0.209 e. The number of aromatic nitrogens is 4. The molecule has 1 aromatic heterocycles. The van der Waals surface area contributed by atoms with Crippen LogP contribution in [-0.2, 0) is 0 Å². The minimum absolute atomic E-state index is 0.509. The van der Waals surface area contributed by atoms with Gasteiger partial charge in [0.05, 0.1) is 6.04 Å². The Labute approximate surface area is 100 Å². The molecule has 5 nitrogen and oxygen atoms in total. The molecule has 1 aliphatic rings. The summed E-state index contributed by atoms with van der Waals surface area (Å²) in [5.41, 5.74) is 0. The average molecular weight is 241 g/mol. The van der Waals surface area contributed by atoms with Crippen LogP contribution >= 0.6 is 11.8 Å². The van der Waals surface area contributed by atoms with Crippen molar-refractivity contribution in [2.45, 2.75) is 50.4 Å². The van der Waals surface area contributed by atoms with E-state index < -0.39 is 0 Å². The minimum atomic E-state index is 0.509. The molecule has 1 saturated carbocycles. The van der Waals surface area contributed by atoms with Crippen LogP contribution in [0.2, 0.25) is 0 Å². The first-order chi connectivity index (χ1) is 7.81. The Morgan fingerprint density at radius 1 is 1.56 bits per heavy atom. The van der Waals surface area contributed by atoms with Gasteiger partial charge in [0.2, 0.25) is 5.16 Å². The van der Waals surface area contributed by atoms with E-state index in [0.717, 1.165) is 17.5 Å². The third kappa shape index (κ3) is 3.18. The predicted octanol–water partition coefficient (Wildman–Crippen LogP) is 1.49. The number of hydrogen-bond donors (Lipinski definition) is 1. The zero-order valence-corrected chi connectivity index (χ0v) is 10.7. The van der Waals surface area contributed by atoms with E-state index in [1.54, 1.807) is 11.8 Å². The lowest BCUT2D eigenvalue weighted by Crippen LogP contribution is -2.28. The van der Waals surface area contributed by atoms with Crippen LogP contribution < -0.4 is 5.32 Å². The van der Waals surface area contributed by atoms with Gasteiger partial charge in [-0.25, -0.2) is 4.68 Å². The summed E-state index contributed by atoms with van der Waals surface area (Å²) in [6, 6.07) is 1.07. The predicted molar refractivity (Wildman–Crippen MR) is 64.6 cm³/mol. The number of hydrogen-bond acceptors (Lipinski definition) is 5. The van der Waals surface area contributed by atoms with Gasteiger partial charge in [0, 0.05) is 11.8 Å². The summed E-state index contributed by atoms with van der Waals surface area (Å²) in [5.74, 6) is 1.02. The van der Waals surface area contributed by atoms with Crippen LogP contribution in [-0.4, -0.2) is 38.5 Å². The van der Waals surface area contributed by atoms with Gasteiger partial charge >= 0.3 is 0 Å². The van der Waals surface area contributed by atoms with E-state index in [-0.39, 0.29) is 0 Å². The molecule has 90 valence electrons. The fourth-order valence-electron chi connectivity index (χ4n) is 1.48. The normalized spacial score (nSPS) is 17.6. The van der Waals surface area contributed by atoms with Crippen LogP contribution in [0.3, 0.4) is 0 Å². The Morgan fingerprint density at radius 2 is 2.38 bits per heavy atom. The molecular formula is C10H19N5S. The van der Waals surface area contributed by atoms with E-state index in [2.05, 4.69) is 34.7 Å². The first-order valence-corrected chi connectivity index (χ1v) is 6.94. The van der Waals surface area contributed by atoms with Gasteiger partial charge in [-0.15, -0.1) is 5.10 Å². The van der Waals surface area contributed by atoms with Crippen LogP contribution in [0, 0.1) is 0 Å². The SMILES string of the molecule is CCCNC(C)CSc1nnnn1C1CC1. The highest BCUT2D eigenvalue weighted by molar-refractivity contribution is 7.99. The summed E-state index contributed by atoms with van der Waals surface area (Å²) in [6.45, 7) is 5.46. The van der Waals surface area contributed by atoms with Crippen molar-refractivity contribution in [2.75, 3.05) is 12.3 Å². The largest absolute Gasteiger partial charge is 0.313 e. The Bertz CT molecular complexity index is 323. The molecule has 0 radical (unpaired) electrons. The van der Waals surface area contributed by atoms with Crippen LogP contribution in [0.25, 0.3) is 0 Å². The van der Waals surface area contributed by atoms with Crippen molar-refractivity contribution < 1.29 is 0 Å². The average Bonchev–Trinajstić information content (AvgIpc) is 3.03. The number of thioether (sulfide) groups is 1. The minimum Gasteiger partial charge on any atom is -0.313 e. The summed E-state index contributed by atoms with van der Waals surface area (Å²) >= 11 is 1.74. The second-order valence-electron chi connectivity index (χ2n) is 4.30. The first-order valence-electron chi connectivity index (χ1n) is 5.95. The summed E-state index contributed by atoms with van der Waals surface area (Å²) in [5, 5.41) is 16.3. The molecule has 0 amide bonds. The Balaban J connectivity index is 1.77. The van der Waals surface area contributed by atoms with Gasteiger partial charge in [0.1, 0.15) is 0 Å². The van der Waals surface area contributed by atoms with Crippen LogP contribution in [0.1, 0.15) is 39.2 Å². The smallest absolute Gasteiger partial charge is 0.209 e. The Kier molecular flexibility index (Phi) is 4.17. The molecule has 1 N–H and O–H groups in total. The lowest BCUT2D eigenvalue weighted by atomic mass is 10.3. The van der Waals surface area contributed by atoms with Crippen molar-refractivity contribution in [3.63, 3.8) is 0 Å². The summed E-state index contributed by atoms with van der Waals surface area (Å²) in [6.07, 6.45) is 3.62. The highest BCUT2D eigenvalue weighted by Crippen LogP contribution is 2.36. The quantitative estimate of drug-likeness (QED) is 0.733. The van der Waals surface area contributed by atoms with Crippen molar-refractivity contribution >= 4 is 11.8 Å². The molecule has 1 aliphatic carbocycles. The fourth-order valence-corrected chi connectivity index (χ4v) is 2.41. The second kappa shape index (κ2) is 5.63. The molecule has 2 rings (SSSR count). The molecule has 1 heterocycles. The first kappa shape index (κ1) is 11.9. The highest BCUT2D eigenvalue weighted by Gasteiger charge is 2.27. The lowest BCUT2D eigenvalue weighted by molar-refractivity contribution is 0.562. The van der Waals surface area contributed by atoms with Gasteiger partial charge in [0.25, 0.3) is 0 Å². The number of tetrazole rings is 1. The van der Waals surface area contributed by atoms with Crippen LogP contribution in [0.15, 0.2) is 5.16 Å². The standard InChI is InChI=1S/C10H19N5S/c1-3-6-11-8(2)7-16-10-12-13-14-15(10)9-4-5-9/h8-9,11H,3-7H2,1-2H3. The second-order valence-corrected chi connectivity index (χ2v) is 5.29. The van der Waals surface area contributed by atoms with E-state index in [4.69, 9.17) is 0 Å². The Morgan fingerprint density at radius 3 is 3.06 bits per heavy atom. The molecule has 0 aliphatic heterocycles. The summed E-state index contributed by atoms with van der Waals surface area (Å²) in [4.78, 5) is 0. The molecule has 16 heavy (non-hydrogen) atoms. The molecule has 1 aromatic rings. The van der Waals surface area contributed by atoms with Gasteiger partial charge in [-0.1, -0.05) is 18.7 Å². The third-order valence-corrected chi connectivity index (χ3v) is 3.75. The number of nitrogens with one attached hydrogen (secondary N) is 1. The van der Waals surface area contributed by atoms with Gasteiger partial charge in [-0.05, 0) is 43.2 Å². The molecule has 0 spiro atoms. The molecule has 1 unspecified atom stereocenters. The number of nitrogens with zero attached hydrogens (tertiary/aromatic N) is 4. The van der Waals surface area contributed by atoms with E-state index >= 15 is 0 Å². The fraction of sp³-hybridized carbons (Fsp3) is 0.900. The lowest BCUT2D eigenvalue weighted by Gasteiger charge is -2.11. The summed E-state index contributed by atoms with van der Waals surface area (Å²) < 4.78 is 1.97. The topological polar surface area (TPSA) is 55.6 Å². The molecule has 1 atom stereocenters. The molecule has 1 fully saturated rings. The zero-order valence-electron chi connectivity index (χ0n) is 9.89. The van der Waals surface area contributed by atoms with E-state index in [0.29, 0.717) is 12.1 Å². The highest BCUT2D eigenvalue weighted by atomic mass is 32.2. The van der Waals surface area contributed by atoms with Gasteiger partial charge in [0.15, 0.2) is 0 Å². The van der Waals surface area contributed by atoms with Crippen LogP contribution in [0.4, 0.5) is 0 Å². The molecular weight excluding hydrogens is 222 g/mol. The van der Waals surface area contributed by atoms with Crippen molar-refractivity contribution in [3.05, 3.63) is 0 Å². The molecule has 0 aromatic carbocycles. The van der Waals surface area contributed by atoms with E-state index in [9.17, 15) is 0 Å². The van der Waals surface area contributed by atoms with Crippen molar-refractivity contribution in [1.82, 2.24) is 25.5 Å². The molecule has 0 bridgehead atoms.